The van der Waals surface area contributed by atoms with Crippen molar-refractivity contribution in [3.05, 3.63) is 0 Å². The molecule has 3 aliphatic heterocycles. The quantitative estimate of drug-likeness (QED) is 0.0860. The van der Waals surface area contributed by atoms with Gasteiger partial charge in [0.1, 0.15) is 43.9 Å². The molecule has 3 aliphatic rings. The maximum absolute atomic E-state index is 14.6. The van der Waals surface area contributed by atoms with Crippen molar-refractivity contribution >= 4 is 11.7 Å². The molecular weight excluding hydrogens is 782 g/mol. The van der Waals surface area contributed by atoms with E-state index in [0.29, 0.717) is 25.3 Å². The van der Waals surface area contributed by atoms with Crippen molar-refractivity contribution in [3.63, 3.8) is 0 Å². The summed E-state index contributed by atoms with van der Waals surface area (Å²) < 4.78 is 50.3. The van der Waals surface area contributed by atoms with E-state index in [0.717, 1.165) is 0 Å². The highest BCUT2D eigenvalue weighted by Crippen LogP contribution is 2.41. The zero-order valence-electron chi connectivity index (χ0n) is 39.3. The molecule has 17 nitrogen and oxygen atoms in total. The Morgan fingerprint density at radius 3 is 2.12 bits per heavy atom. The average Bonchev–Trinajstić information content (AvgIpc) is 3.16. The number of hydrogen-bond acceptors (Lipinski definition) is 17. The number of oxime groups is 1. The lowest BCUT2D eigenvalue weighted by Crippen LogP contribution is -2.61. The summed E-state index contributed by atoms with van der Waals surface area (Å²) in [6.07, 6.45) is -8.52. The number of aliphatic hydroxyl groups excluding tert-OH is 2. The predicted octanol–water partition coefficient (Wildman–Crippen LogP) is 2.78. The van der Waals surface area contributed by atoms with E-state index in [4.69, 9.17) is 42.7 Å². The predicted molar refractivity (Wildman–Crippen MR) is 224 cm³/mol. The number of esters is 1. The second-order valence-corrected chi connectivity index (χ2v) is 18.7. The molecule has 0 radical (unpaired) electrons. The minimum Gasteiger partial charge on any atom is -0.459 e. The third-order valence-corrected chi connectivity index (χ3v) is 13.0. The summed E-state index contributed by atoms with van der Waals surface area (Å²) in [4.78, 5) is 23.9. The van der Waals surface area contributed by atoms with E-state index in [2.05, 4.69) is 5.16 Å². The number of carbonyl (C=O) groups excluding carboxylic acids is 1. The minimum atomic E-state index is -1.78. The molecule has 17 heteroatoms. The van der Waals surface area contributed by atoms with Crippen LogP contribution in [-0.2, 0) is 47.5 Å². The number of cyclic esters (lactones) is 1. The van der Waals surface area contributed by atoms with Gasteiger partial charge in [-0.1, -0.05) is 32.9 Å². The highest BCUT2D eigenvalue weighted by Gasteiger charge is 2.54. The molecule has 11 unspecified atom stereocenters. The Labute approximate surface area is 359 Å². The van der Waals surface area contributed by atoms with Gasteiger partial charge in [0.05, 0.1) is 53.9 Å². The average molecular weight is 864 g/mol. The molecule has 0 spiro atoms. The number of likely N-dealkylation sites (N-methyl/N-ethyl adjacent to an activating group) is 2. The van der Waals surface area contributed by atoms with Gasteiger partial charge in [-0.2, -0.15) is 0 Å². The maximum atomic E-state index is 14.6. The van der Waals surface area contributed by atoms with Crippen LogP contribution in [0.1, 0.15) is 94.9 Å². The Balaban J connectivity index is 2.24. The van der Waals surface area contributed by atoms with Crippen LogP contribution in [0.25, 0.3) is 0 Å². The molecule has 0 aromatic rings. The molecule has 60 heavy (non-hydrogen) atoms. The molecule has 4 N–H and O–H groups in total. The van der Waals surface area contributed by atoms with E-state index < -0.39 is 102 Å². The topological polar surface area (TPSA) is 200 Å². The van der Waals surface area contributed by atoms with Crippen LogP contribution >= 0.6 is 0 Å². The largest absolute Gasteiger partial charge is 0.459 e. The lowest BCUT2D eigenvalue weighted by molar-refractivity contribution is -0.318. The van der Waals surface area contributed by atoms with Crippen LogP contribution in [0.3, 0.4) is 0 Å². The van der Waals surface area contributed by atoms with Gasteiger partial charge in [-0.25, -0.2) is 0 Å². The Kier molecular flexibility index (Phi) is 19.7. The van der Waals surface area contributed by atoms with Gasteiger partial charge >= 0.3 is 5.97 Å². The van der Waals surface area contributed by atoms with Crippen LogP contribution < -0.4 is 0 Å². The Hall–Kier alpha value is -1.58. The zero-order valence-corrected chi connectivity index (χ0v) is 39.3. The van der Waals surface area contributed by atoms with Gasteiger partial charge in [0.15, 0.2) is 12.6 Å². The first kappa shape index (κ1) is 52.8. The lowest BCUT2D eigenvalue weighted by atomic mass is 9.73. The zero-order chi connectivity index (χ0) is 45.5. The van der Waals surface area contributed by atoms with Crippen LogP contribution in [0.2, 0.25) is 0 Å². The summed E-state index contributed by atoms with van der Waals surface area (Å²) >= 11 is 0. The summed E-state index contributed by atoms with van der Waals surface area (Å²) in [7, 11) is 10.6. The van der Waals surface area contributed by atoms with Crippen molar-refractivity contribution in [2.45, 2.75) is 179 Å². The van der Waals surface area contributed by atoms with E-state index in [1.54, 1.807) is 34.6 Å². The summed E-state index contributed by atoms with van der Waals surface area (Å²) in [5.41, 5.74) is -4.07. The first-order chi connectivity index (χ1) is 27.9. The van der Waals surface area contributed by atoms with Gasteiger partial charge < -0.3 is 73.0 Å². The highest BCUT2D eigenvalue weighted by atomic mass is 16.7. The SMILES string of the molecule is CCC1OC(=O)C(C)C(O[C@H]2C[C@@](C)(OC)[C@H](O)[C@H](C)O2)C(C)C(OC2O[C@@H](C)C[C@H](N(C)C)[C@@H]2O)C(C)(O)CC(C)/C(=N/OC)C(C)C(OCOCCN(C)C)C1(C)O. The van der Waals surface area contributed by atoms with Crippen LogP contribution in [0.15, 0.2) is 5.16 Å². The fourth-order valence-corrected chi connectivity index (χ4v) is 9.43. The molecule has 0 amide bonds. The molecule has 3 saturated heterocycles. The fraction of sp³-hybridized carbons (Fsp3) is 0.953. The van der Waals surface area contributed by atoms with E-state index >= 15 is 0 Å². The van der Waals surface area contributed by atoms with Crippen molar-refractivity contribution in [2.75, 3.05) is 62.4 Å². The van der Waals surface area contributed by atoms with Gasteiger partial charge in [-0.15, -0.1) is 0 Å². The van der Waals surface area contributed by atoms with Crippen LogP contribution in [0.5, 0.6) is 0 Å². The number of hydrogen-bond donors (Lipinski definition) is 4. The van der Waals surface area contributed by atoms with Crippen molar-refractivity contribution in [1.82, 2.24) is 9.80 Å². The molecule has 0 aromatic heterocycles. The Bertz CT molecular complexity index is 1350. The number of nitrogens with zero attached hydrogens (tertiary/aromatic N) is 3. The molecule has 3 rings (SSSR count). The fourth-order valence-electron chi connectivity index (χ4n) is 9.43. The molecule has 0 aromatic carbocycles. The highest BCUT2D eigenvalue weighted by molar-refractivity contribution is 5.88. The molecule has 0 aliphatic carbocycles. The van der Waals surface area contributed by atoms with Gasteiger partial charge in [-0.3, -0.25) is 4.79 Å². The standard InChI is InChI=1S/C43H81N3O14/c1-17-31-43(10,51)38(55-23-54-19-18-45(11)12)26(4)33(44-53-16)24(2)21-41(8,50)37(60-40-34(47)30(46(13)14)20-25(3)56-40)27(5)35(28(6)39(49)58-31)59-32-22-42(9,52-15)36(48)29(7)57-32/h24-32,34-38,40,47-48,50-51H,17-23H2,1-16H3/b44-33-/t24?,25-,26?,27?,28?,29-,30-,31?,32-,34-,35?,36+,37?,38?,40?,41?,42+,43?/m0/s1. The Morgan fingerprint density at radius 2 is 1.55 bits per heavy atom. The number of ether oxygens (including phenoxy) is 8. The van der Waals surface area contributed by atoms with Crippen molar-refractivity contribution in [2.24, 2.45) is 28.8 Å². The van der Waals surface area contributed by atoms with Gasteiger partial charge in [-0.05, 0) is 89.0 Å². The van der Waals surface area contributed by atoms with E-state index in [9.17, 15) is 25.2 Å². The Morgan fingerprint density at radius 1 is 0.900 bits per heavy atom. The molecule has 352 valence electrons. The first-order valence-electron chi connectivity index (χ1n) is 21.7. The summed E-state index contributed by atoms with van der Waals surface area (Å²) in [6.45, 7) is 18.5. The van der Waals surface area contributed by atoms with E-state index in [-0.39, 0.29) is 38.2 Å². The normalized spacial score (nSPS) is 44.8. The number of rotatable bonds is 14. The number of aliphatic hydroxyl groups is 4. The molecular formula is C43H81N3O14. The first-order valence-corrected chi connectivity index (χ1v) is 21.7. The second kappa shape index (κ2) is 22.4. The minimum absolute atomic E-state index is 0.0475. The maximum Gasteiger partial charge on any atom is 0.311 e. The van der Waals surface area contributed by atoms with Gasteiger partial charge in [0, 0.05) is 43.9 Å². The second-order valence-electron chi connectivity index (χ2n) is 18.7. The van der Waals surface area contributed by atoms with Crippen molar-refractivity contribution in [1.29, 1.82) is 0 Å². The number of methoxy groups -OCH3 is 1. The molecule has 0 saturated carbocycles. The molecule has 3 fully saturated rings. The smallest absolute Gasteiger partial charge is 0.311 e. The van der Waals surface area contributed by atoms with E-state index in [1.807, 2.05) is 72.6 Å². The van der Waals surface area contributed by atoms with Crippen LogP contribution in [0.4, 0.5) is 0 Å². The van der Waals surface area contributed by atoms with Crippen LogP contribution in [0, 0.1) is 23.7 Å². The van der Waals surface area contributed by atoms with Crippen molar-refractivity contribution in [3.8, 4) is 0 Å². The summed E-state index contributed by atoms with van der Waals surface area (Å²) in [5, 5.41) is 52.5. The molecule has 18 atom stereocenters. The lowest BCUT2D eigenvalue weighted by Gasteiger charge is -2.49. The van der Waals surface area contributed by atoms with E-state index in [1.165, 1.54) is 14.2 Å². The monoisotopic (exact) mass is 864 g/mol. The third-order valence-electron chi connectivity index (χ3n) is 13.0. The number of carbonyl (C=O) groups is 1. The molecule has 0 bridgehead atoms. The summed E-state index contributed by atoms with van der Waals surface area (Å²) in [6, 6.07) is -0.309. The van der Waals surface area contributed by atoms with Gasteiger partial charge in [0.2, 0.25) is 0 Å². The van der Waals surface area contributed by atoms with Crippen molar-refractivity contribution < 1.29 is 68.0 Å². The molecule has 3 heterocycles. The summed E-state index contributed by atoms with van der Waals surface area (Å²) in [5.74, 6) is -3.68. The third kappa shape index (κ3) is 12.8. The van der Waals surface area contributed by atoms with Gasteiger partial charge in [0.25, 0.3) is 0 Å². The van der Waals surface area contributed by atoms with Crippen LogP contribution in [-0.4, -0.2) is 189 Å².